The largest absolute Gasteiger partial charge is 0.379 e. The van der Waals surface area contributed by atoms with E-state index in [0.717, 1.165) is 5.33 Å². The fourth-order valence-corrected chi connectivity index (χ4v) is 0.581. The molecule has 0 spiro atoms. The first-order valence-electron chi connectivity index (χ1n) is 1.77. The zero-order valence-electron chi connectivity index (χ0n) is 3.39. The van der Waals surface area contributed by atoms with E-state index in [1.807, 2.05) is 0 Å². The monoisotopic (exact) mass is 153 g/mol. The lowest BCUT2D eigenvalue weighted by Crippen LogP contribution is -2.18. The summed E-state index contributed by atoms with van der Waals surface area (Å²) in [5, 5.41) is 9.07. The van der Waals surface area contributed by atoms with Crippen molar-refractivity contribution in [3.05, 3.63) is 0 Å². The summed E-state index contributed by atoms with van der Waals surface area (Å²) in [6.45, 7) is 0. The second kappa shape index (κ2) is 3.59. The molecule has 0 aromatic heterocycles. The van der Waals surface area contributed by atoms with Crippen molar-refractivity contribution in [1.29, 1.82) is 0 Å². The topological polar surface area (TPSA) is 46.2 Å². The van der Waals surface area contributed by atoms with Gasteiger partial charge in [-0.1, -0.05) is 15.9 Å². The molecule has 6 heavy (non-hydrogen) atoms. The minimum absolute atomic E-state index is 0.625. The van der Waals surface area contributed by atoms with Crippen LogP contribution in [0.2, 0.25) is 0 Å². The number of hydrogen-bond acceptors (Lipinski definition) is 2. The Hall–Kier alpha value is 0.400. The Labute approximate surface area is 45.5 Å². The van der Waals surface area contributed by atoms with Crippen LogP contribution in [0.5, 0.6) is 0 Å². The molecule has 0 aliphatic rings. The fraction of sp³-hybridized carbons (Fsp3) is 1.00. The minimum Gasteiger partial charge on any atom is -0.379 e. The molecule has 0 heterocycles. The predicted molar refractivity (Wildman–Crippen MR) is 28.6 cm³/mol. The Kier molecular flexibility index (Phi) is 3.82. The van der Waals surface area contributed by atoms with Gasteiger partial charge in [0, 0.05) is 5.33 Å². The molecule has 0 aliphatic heterocycles. The number of aliphatic hydroxyl groups is 1. The first-order chi connectivity index (χ1) is 2.77. The van der Waals surface area contributed by atoms with E-state index in [9.17, 15) is 0 Å². The molecule has 0 amide bonds. The molecule has 3 heteroatoms. The van der Waals surface area contributed by atoms with Gasteiger partial charge in [-0.2, -0.15) is 0 Å². The summed E-state index contributed by atoms with van der Waals surface area (Å²) >= 11 is 3.11. The van der Waals surface area contributed by atoms with E-state index < -0.39 is 6.23 Å². The van der Waals surface area contributed by atoms with Crippen molar-refractivity contribution in [2.24, 2.45) is 5.73 Å². The summed E-state index contributed by atoms with van der Waals surface area (Å²) in [4.78, 5) is 0. The van der Waals surface area contributed by atoms with E-state index in [1.165, 1.54) is 0 Å². The van der Waals surface area contributed by atoms with Gasteiger partial charge in [0.05, 0.1) is 0 Å². The maximum absolute atomic E-state index is 8.30. The van der Waals surface area contributed by atoms with Gasteiger partial charge in [-0.3, -0.25) is 0 Å². The molecule has 3 N–H and O–H groups in total. The first kappa shape index (κ1) is 6.40. The van der Waals surface area contributed by atoms with Crippen molar-refractivity contribution >= 4 is 15.9 Å². The van der Waals surface area contributed by atoms with Crippen LogP contribution in [0.15, 0.2) is 0 Å². The molecular formula is C3H8BrNO. The molecule has 0 aromatic carbocycles. The van der Waals surface area contributed by atoms with Gasteiger partial charge in [-0.15, -0.1) is 0 Å². The zero-order valence-corrected chi connectivity index (χ0v) is 4.98. The maximum Gasteiger partial charge on any atom is 0.103 e. The van der Waals surface area contributed by atoms with Crippen LogP contribution >= 0.6 is 15.9 Å². The number of aliphatic hydroxyl groups excluding tert-OH is 1. The van der Waals surface area contributed by atoms with Crippen LogP contribution in [-0.2, 0) is 0 Å². The highest BCUT2D eigenvalue weighted by atomic mass is 79.9. The van der Waals surface area contributed by atoms with Crippen LogP contribution in [0.3, 0.4) is 0 Å². The number of alkyl halides is 1. The van der Waals surface area contributed by atoms with Gasteiger partial charge < -0.3 is 10.8 Å². The number of nitrogens with two attached hydrogens (primary N) is 1. The van der Waals surface area contributed by atoms with E-state index in [0.29, 0.717) is 6.42 Å². The average Bonchev–Trinajstić information content (AvgIpc) is 1.35. The Bertz CT molecular complexity index is 32.0. The maximum atomic E-state index is 8.30. The van der Waals surface area contributed by atoms with E-state index in [1.54, 1.807) is 0 Å². The van der Waals surface area contributed by atoms with Crippen LogP contribution in [0.4, 0.5) is 0 Å². The van der Waals surface area contributed by atoms with Crippen molar-refractivity contribution in [2.45, 2.75) is 12.6 Å². The highest BCUT2D eigenvalue weighted by Crippen LogP contribution is 1.87. The lowest BCUT2D eigenvalue weighted by molar-refractivity contribution is 0.180. The molecule has 0 fully saturated rings. The Morgan fingerprint density at radius 2 is 2.33 bits per heavy atom. The number of rotatable bonds is 2. The zero-order chi connectivity index (χ0) is 4.99. The molecule has 0 radical (unpaired) electrons. The van der Waals surface area contributed by atoms with Crippen molar-refractivity contribution < 1.29 is 5.11 Å². The van der Waals surface area contributed by atoms with Crippen LogP contribution in [0.1, 0.15) is 6.42 Å². The van der Waals surface area contributed by atoms with Gasteiger partial charge in [0.1, 0.15) is 6.23 Å². The van der Waals surface area contributed by atoms with Gasteiger partial charge >= 0.3 is 0 Å². The fourth-order valence-electron chi connectivity index (χ4n) is 0.112. The van der Waals surface area contributed by atoms with Gasteiger partial charge in [0.25, 0.3) is 0 Å². The van der Waals surface area contributed by atoms with Gasteiger partial charge in [0.2, 0.25) is 0 Å². The van der Waals surface area contributed by atoms with E-state index >= 15 is 0 Å². The molecule has 0 saturated heterocycles. The molecule has 38 valence electrons. The van der Waals surface area contributed by atoms with Gasteiger partial charge in [-0.25, -0.2) is 0 Å². The summed E-state index contributed by atoms with van der Waals surface area (Å²) in [5.41, 5.74) is 4.93. The molecule has 1 atom stereocenters. The van der Waals surface area contributed by atoms with Crippen LogP contribution in [-0.4, -0.2) is 16.7 Å². The quantitative estimate of drug-likeness (QED) is 0.436. The van der Waals surface area contributed by atoms with Crippen molar-refractivity contribution in [1.82, 2.24) is 0 Å². The van der Waals surface area contributed by atoms with E-state index in [2.05, 4.69) is 15.9 Å². The molecule has 0 saturated carbocycles. The summed E-state index contributed by atoms with van der Waals surface area (Å²) < 4.78 is 0. The molecule has 0 bridgehead atoms. The summed E-state index contributed by atoms with van der Waals surface area (Å²) in [7, 11) is 0. The Balaban J connectivity index is 2.63. The third-order valence-corrected chi connectivity index (χ3v) is 0.863. The highest BCUT2D eigenvalue weighted by Gasteiger charge is 1.88. The first-order valence-corrected chi connectivity index (χ1v) is 2.89. The minimum atomic E-state index is -0.649. The average molecular weight is 154 g/mol. The Morgan fingerprint density at radius 1 is 1.83 bits per heavy atom. The van der Waals surface area contributed by atoms with E-state index in [-0.39, 0.29) is 0 Å². The summed E-state index contributed by atoms with van der Waals surface area (Å²) in [6.07, 6.45) is -0.0237. The number of halogens is 1. The standard InChI is InChI=1S/C3H8BrNO/c4-2-1-3(5)6/h3,6H,1-2,5H2. The third-order valence-electron chi connectivity index (χ3n) is 0.405. The molecular weight excluding hydrogens is 146 g/mol. The van der Waals surface area contributed by atoms with Gasteiger partial charge in [0.15, 0.2) is 0 Å². The van der Waals surface area contributed by atoms with Crippen LogP contribution in [0.25, 0.3) is 0 Å². The van der Waals surface area contributed by atoms with Crippen LogP contribution < -0.4 is 5.73 Å². The normalized spacial score (nSPS) is 14.5. The molecule has 0 aliphatic carbocycles. The van der Waals surface area contributed by atoms with Crippen molar-refractivity contribution in [3.63, 3.8) is 0 Å². The second-order valence-corrected chi connectivity index (χ2v) is 1.84. The summed E-state index contributed by atoms with van der Waals surface area (Å²) in [6, 6.07) is 0. The smallest absolute Gasteiger partial charge is 0.103 e. The molecule has 0 aromatic rings. The number of hydrogen-bond donors (Lipinski definition) is 2. The van der Waals surface area contributed by atoms with Crippen molar-refractivity contribution in [3.8, 4) is 0 Å². The SMILES string of the molecule is NC(O)CCBr. The van der Waals surface area contributed by atoms with Crippen molar-refractivity contribution in [2.75, 3.05) is 5.33 Å². The molecule has 0 rings (SSSR count). The Morgan fingerprint density at radius 3 is 2.33 bits per heavy atom. The van der Waals surface area contributed by atoms with E-state index in [4.69, 9.17) is 10.8 Å². The van der Waals surface area contributed by atoms with Gasteiger partial charge in [-0.05, 0) is 6.42 Å². The molecule has 2 nitrogen and oxygen atoms in total. The lowest BCUT2D eigenvalue weighted by Gasteiger charge is -1.95. The molecule has 1 unspecified atom stereocenters. The summed E-state index contributed by atoms with van der Waals surface area (Å²) in [5.74, 6) is 0. The van der Waals surface area contributed by atoms with Crippen LogP contribution in [0, 0.1) is 0 Å². The highest BCUT2D eigenvalue weighted by molar-refractivity contribution is 9.09. The third kappa shape index (κ3) is 4.40. The second-order valence-electron chi connectivity index (χ2n) is 1.05. The predicted octanol–water partition coefficient (Wildman–Crippen LogP) is 0.0485. The lowest BCUT2D eigenvalue weighted by atomic mass is 10.5.